The number of fused-ring (bicyclic) bond motifs is 1. The van der Waals surface area contributed by atoms with Gasteiger partial charge in [-0.25, -0.2) is 13.4 Å². The fraction of sp³-hybridized carbons (Fsp3) is 0.0667. The molecule has 0 atom stereocenters. The number of alkyl halides is 4. The Morgan fingerprint density at radius 1 is 0.727 bits per heavy atom. The minimum atomic E-state index is -4.33. The molecule has 5 rings (SSSR count). The predicted octanol–water partition coefficient (Wildman–Crippen LogP) is 7.28. The van der Waals surface area contributed by atoms with E-state index in [1.807, 2.05) is 0 Å². The van der Waals surface area contributed by atoms with Gasteiger partial charge in [-0.15, -0.1) is 0 Å². The van der Waals surface area contributed by atoms with Crippen molar-refractivity contribution in [2.45, 2.75) is 18.1 Å². The van der Waals surface area contributed by atoms with Crippen LogP contribution in [0.4, 0.5) is 28.9 Å². The second-order valence-electron chi connectivity index (χ2n) is 8.92. The van der Waals surface area contributed by atoms with E-state index in [-0.39, 0.29) is 45.0 Å². The quantitative estimate of drug-likeness (QED) is 0.148. The fourth-order valence-corrected chi connectivity index (χ4v) is 5.18. The summed E-state index contributed by atoms with van der Waals surface area (Å²) < 4.78 is 94.6. The molecule has 5 aromatic rings. The monoisotopic (exact) mass is 627 g/mol. The molecule has 1 amide bonds. The molecule has 1 heterocycles. The molecule has 14 heteroatoms. The number of halogens is 4. The minimum Gasteiger partial charge on any atom is -0.434 e. The van der Waals surface area contributed by atoms with E-state index >= 15 is 0 Å². The topological polar surface area (TPSA) is 116 Å². The Hall–Kier alpha value is -5.37. The maximum Gasteiger partial charge on any atom is 0.387 e. The van der Waals surface area contributed by atoms with Gasteiger partial charge in [-0.2, -0.15) is 17.6 Å². The maximum atomic E-state index is 13.5. The number of pyridine rings is 1. The maximum absolute atomic E-state index is 13.5. The molecule has 226 valence electrons. The zero-order chi connectivity index (χ0) is 31.3. The number of benzene rings is 4. The van der Waals surface area contributed by atoms with Crippen LogP contribution < -0.4 is 24.2 Å². The molecule has 0 aliphatic heterocycles. The van der Waals surface area contributed by atoms with Gasteiger partial charge in [0, 0.05) is 11.1 Å². The lowest BCUT2D eigenvalue weighted by atomic mass is 10.1. The predicted molar refractivity (Wildman–Crippen MR) is 153 cm³/mol. The molecule has 4 aromatic carbocycles. The molecule has 0 aliphatic carbocycles. The van der Waals surface area contributed by atoms with Crippen LogP contribution in [-0.4, -0.2) is 32.5 Å². The fourth-order valence-electron chi connectivity index (χ4n) is 4.06. The Morgan fingerprint density at radius 3 is 2.11 bits per heavy atom. The van der Waals surface area contributed by atoms with Gasteiger partial charge in [0.15, 0.2) is 11.5 Å². The number of nitrogens with zero attached hydrogens (tertiary/aromatic N) is 1. The van der Waals surface area contributed by atoms with Crippen molar-refractivity contribution >= 4 is 38.2 Å². The van der Waals surface area contributed by atoms with Crippen LogP contribution in [0.15, 0.2) is 108 Å². The highest BCUT2D eigenvalue weighted by molar-refractivity contribution is 7.92. The van der Waals surface area contributed by atoms with E-state index < -0.39 is 29.2 Å². The molecule has 0 fully saturated rings. The third-order valence-corrected chi connectivity index (χ3v) is 7.32. The number of para-hydroxylation sites is 5. The summed E-state index contributed by atoms with van der Waals surface area (Å²) in [5, 5.41) is 3.15. The Morgan fingerprint density at radius 2 is 1.36 bits per heavy atom. The van der Waals surface area contributed by atoms with Gasteiger partial charge in [0.2, 0.25) is 5.88 Å². The van der Waals surface area contributed by atoms with Crippen LogP contribution in [0.2, 0.25) is 0 Å². The van der Waals surface area contributed by atoms with Gasteiger partial charge in [-0.05, 0) is 54.6 Å². The number of rotatable bonds is 11. The first-order valence-electron chi connectivity index (χ1n) is 12.7. The van der Waals surface area contributed by atoms with E-state index in [4.69, 9.17) is 4.74 Å². The van der Waals surface area contributed by atoms with Crippen molar-refractivity contribution in [1.82, 2.24) is 4.98 Å². The Bertz CT molecular complexity index is 1920. The molecular weight excluding hydrogens is 606 g/mol. The lowest BCUT2D eigenvalue weighted by Crippen LogP contribution is -2.16. The van der Waals surface area contributed by atoms with E-state index in [1.54, 1.807) is 24.3 Å². The van der Waals surface area contributed by atoms with Crippen LogP contribution in [0.25, 0.3) is 10.9 Å². The van der Waals surface area contributed by atoms with E-state index in [2.05, 4.69) is 24.5 Å². The Balaban J connectivity index is 1.44. The Labute approximate surface area is 248 Å². The number of aromatic nitrogens is 1. The molecule has 0 saturated carbocycles. The van der Waals surface area contributed by atoms with Gasteiger partial charge in [0.1, 0.15) is 11.3 Å². The standard InChI is InChI=1S/C30H21F4N3O6S/c31-29(32)42-24-13-4-3-12-23(24)37-44(39,40)20-10-7-9-19(17-20)35-27(38)21-16-18-8-1-2-11-22(18)36-28(21)41-25-14-5-6-15-26(25)43-30(33)34/h1-17,29-30,37H,(H,35,38). The van der Waals surface area contributed by atoms with Crippen LogP contribution in [0.5, 0.6) is 23.1 Å². The highest BCUT2D eigenvalue weighted by atomic mass is 32.2. The lowest BCUT2D eigenvalue weighted by molar-refractivity contribution is -0.0512. The van der Waals surface area contributed by atoms with Crippen LogP contribution in [-0.2, 0) is 10.0 Å². The van der Waals surface area contributed by atoms with E-state index in [0.29, 0.717) is 10.9 Å². The summed E-state index contributed by atoms with van der Waals surface area (Å²) in [5.41, 5.74) is 0.180. The first-order chi connectivity index (χ1) is 21.1. The van der Waals surface area contributed by atoms with Crippen molar-refractivity contribution in [1.29, 1.82) is 0 Å². The zero-order valence-electron chi connectivity index (χ0n) is 22.3. The summed E-state index contributed by atoms with van der Waals surface area (Å²) in [6, 6.07) is 24.3. The third-order valence-electron chi connectivity index (χ3n) is 5.96. The Kier molecular flexibility index (Phi) is 8.81. The van der Waals surface area contributed by atoms with Crippen LogP contribution in [0.3, 0.4) is 0 Å². The number of sulfonamides is 1. The molecule has 0 spiro atoms. The van der Waals surface area contributed by atoms with Crippen molar-refractivity contribution in [3.63, 3.8) is 0 Å². The highest BCUT2D eigenvalue weighted by Gasteiger charge is 2.22. The van der Waals surface area contributed by atoms with Gasteiger partial charge in [-0.3, -0.25) is 9.52 Å². The minimum absolute atomic E-state index is 0.0514. The van der Waals surface area contributed by atoms with E-state index in [0.717, 1.165) is 6.07 Å². The van der Waals surface area contributed by atoms with Crippen LogP contribution in [0, 0.1) is 0 Å². The molecule has 44 heavy (non-hydrogen) atoms. The molecule has 9 nitrogen and oxygen atoms in total. The SMILES string of the molecule is O=C(Nc1cccc(S(=O)(=O)Nc2ccccc2OC(F)F)c1)c1cc2ccccc2nc1Oc1ccccc1OC(F)F. The molecule has 2 N–H and O–H groups in total. The van der Waals surface area contributed by atoms with Crippen LogP contribution >= 0.6 is 0 Å². The van der Waals surface area contributed by atoms with Gasteiger partial charge >= 0.3 is 13.2 Å². The summed E-state index contributed by atoms with van der Waals surface area (Å²) in [6.45, 7) is -6.31. The molecule has 0 aliphatic rings. The first-order valence-corrected chi connectivity index (χ1v) is 14.2. The van der Waals surface area contributed by atoms with Crippen molar-refractivity contribution in [2.75, 3.05) is 10.0 Å². The molecule has 0 bridgehead atoms. The van der Waals surface area contributed by atoms with Gasteiger partial charge in [0.25, 0.3) is 15.9 Å². The number of hydrogen-bond donors (Lipinski definition) is 2. The highest BCUT2D eigenvalue weighted by Crippen LogP contribution is 2.35. The molecule has 1 aromatic heterocycles. The van der Waals surface area contributed by atoms with Gasteiger partial charge in [-0.1, -0.05) is 48.5 Å². The zero-order valence-corrected chi connectivity index (χ0v) is 23.1. The number of amides is 1. The summed E-state index contributed by atoms with van der Waals surface area (Å²) in [4.78, 5) is 17.6. The third kappa shape index (κ3) is 7.15. The number of carbonyl (C=O) groups is 1. The second kappa shape index (κ2) is 12.9. The molecular formula is C30H21F4N3O6S. The number of nitrogens with one attached hydrogen (secondary N) is 2. The van der Waals surface area contributed by atoms with Crippen molar-refractivity contribution in [3.8, 4) is 23.1 Å². The molecule has 0 saturated heterocycles. The van der Waals surface area contributed by atoms with Crippen molar-refractivity contribution < 1.29 is 45.0 Å². The summed E-state index contributed by atoms with van der Waals surface area (Å²) in [5.74, 6) is -1.78. The van der Waals surface area contributed by atoms with Gasteiger partial charge < -0.3 is 19.5 Å². The number of anilines is 2. The first kappa shape index (κ1) is 30.1. The largest absolute Gasteiger partial charge is 0.434 e. The number of carbonyl (C=O) groups excluding carboxylic acids is 1. The van der Waals surface area contributed by atoms with E-state index in [9.17, 15) is 30.8 Å². The summed E-state index contributed by atoms with van der Waals surface area (Å²) >= 11 is 0. The normalized spacial score (nSPS) is 11.4. The van der Waals surface area contributed by atoms with Gasteiger partial charge in [0.05, 0.1) is 16.1 Å². The average molecular weight is 628 g/mol. The lowest BCUT2D eigenvalue weighted by Gasteiger charge is -2.15. The smallest absolute Gasteiger partial charge is 0.387 e. The molecule has 0 radical (unpaired) electrons. The van der Waals surface area contributed by atoms with Crippen molar-refractivity contribution in [2.24, 2.45) is 0 Å². The second-order valence-corrected chi connectivity index (χ2v) is 10.6. The van der Waals surface area contributed by atoms with Crippen LogP contribution in [0.1, 0.15) is 10.4 Å². The summed E-state index contributed by atoms with van der Waals surface area (Å²) in [7, 11) is -4.33. The number of ether oxygens (including phenoxy) is 3. The van der Waals surface area contributed by atoms with Crippen molar-refractivity contribution in [3.05, 3.63) is 109 Å². The average Bonchev–Trinajstić information content (AvgIpc) is 2.98. The van der Waals surface area contributed by atoms with E-state index in [1.165, 1.54) is 72.8 Å². The number of hydrogen-bond acceptors (Lipinski definition) is 7. The summed E-state index contributed by atoms with van der Waals surface area (Å²) in [6.07, 6.45) is 0. The molecule has 0 unspecified atom stereocenters.